The van der Waals surface area contributed by atoms with Crippen molar-refractivity contribution in [2.24, 2.45) is 0 Å². The maximum absolute atomic E-state index is 11.5. The Labute approximate surface area is 117 Å². The molecule has 1 atom stereocenters. The Bertz CT molecular complexity index is 515. The number of hydrogen-bond donors (Lipinski definition) is 0. The lowest BCUT2D eigenvalue weighted by atomic mass is 10.1. The molecule has 0 unspecified atom stereocenters. The highest BCUT2D eigenvalue weighted by Gasteiger charge is 2.31. The summed E-state index contributed by atoms with van der Waals surface area (Å²) in [6.07, 6.45) is 0.765. The van der Waals surface area contributed by atoms with E-state index in [4.69, 9.17) is 0 Å². The Hall–Kier alpha value is -0.390. The number of hydrogen-bond acceptors (Lipinski definition) is 3. The molecule has 0 aliphatic carbocycles. The maximum Gasteiger partial charge on any atom is 0.151 e. The molecular formula is C13H18BrNO2S. The van der Waals surface area contributed by atoms with Crippen molar-refractivity contribution in [3.05, 3.63) is 34.3 Å². The number of nitrogens with zero attached hydrogens (tertiary/aromatic N) is 1. The summed E-state index contributed by atoms with van der Waals surface area (Å²) < 4.78 is 24.2. The summed E-state index contributed by atoms with van der Waals surface area (Å²) in [6, 6.07) is 8.28. The second kappa shape index (κ2) is 5.72. The maximum atomic E-state index is 11.5. The van der Waals surface area contributed by atoms with Crippen molar-refractivity contribution in [2.75, 3.05) is 18.1 Å². The first-order valence-corrected chi connectivity index (χ1v) is 8.81. The molecule has 0 radical (unpaired) electrons. The molecule has 1 aromatic rings. The molecule has 0 aromatic heterocycles. The van der Waals surface area contributed by atoms with Crippen LogP contribution in [-0.4, -0.2) is 37.4 Å². The van der Waals surface area contributed by atoms with Crippen LogP contribution < -0.4 is 0 Å². The molecule has 2 rings (SSSR count). The van der Waals surface area contributed by atoms with Gasteiger partial charge in [0, 0.05) is 17.1 Å². The average molecular weight is 332 g/mol. The average Bonchev–Trinajstić information content (AvgIpc) is 2.68. The van der Waals surface area contributed by atoms with E-state index in [2.05, 4.69) is 33.8 Å². The van der Waals surface area contributed by atoms with Crippen molar-refractivity contribution in [2.45, 2.75) is 25.9 Å². The largest absolute Gasteiger partial charge is 0.295 e. The van der Waals surface area contributed by atoms with Crippen molar-refractivity contribution in [3.8, 4) is 0 Å². The van der Waals surface area contributed by atoms with E-state index in [-0.39, 0.29) is 6.04 Å². The quantitative estimate of drug-likeness (QED) is 0.850. The smallest absolute Gasteiger partial charge is 0.151 e. The Morgan fingerprint density at radius 2 is 2.11 bits per heavy atom. The number of benzene rings is 1. The van der Waals surface area contributed by atoms with E-state index >= 15 is 0 Å². The zero-order valence-corrected chi connectivity index (χ0v) is 12.9. The number of rotatable bonds is 4. The topological polar surface area (TPSA) is 37.4 Å². The van der Waals surface area contributed by atoms with Gasteiger partial charge in [0.05, 0.1) is 11.5 Å². The van der Waals surface area contributed by atoms with Gasteiger partial charge in [-0.25, -0.2) is 8.42 Å². The lowest BCUT2D eigenvalue weighted by molar-refractivity contribution is 0.214. The molecule has 5 heteroatoms. The minimum absolute atomic E-state index is 0.173. The Morgan fingerprint density at radius 1 is 1.39 bits per heavy atom. The van der Waals surface area contributed by atoms with Crippen LogP contribution in [0, 0.1) is 0 Å². The van der Waals surface area contributed by atoms with Gasteiger partial charge in [-0.1, -0.05) is 41.1 Å². The van der Waals surface area contributed by atoms with Gasteiger partial charge in [0.15, 0.2) is 9.84 Å². The second-order valence-electron chi connectivity index (χ2n) is 4.71. The third-order valence-corrected chi connectivity index (χ3v) is 5.99. The summed E-state index contributed by atoms with van der Waals surface area (Å²) in [7, 11) is -2.81. The van der Waals surface area contributed by atoms with Gasteiger partial charge in [0.1, 0.15) is 0 Å². The highest BCUT2D eigenvalue weighted by molar-refractivity contribution is 9.10. The Balaban J connectivity index is 2.09. The van der Waals surface area contributed by atoms with Crippen LogP contribution in [0.2, 0.25) is 0 Å². The molecule has 0 N–H and O–H groups in total. The first-order chi connectivity index (χ1) is 8.52. The summed E-state index contributed by atoms with van der Waals surface area (Å²) in [5.41, 5.74) is 1.21. The molecular weight excluding hydrogens is 314 g/mol. The van der Waals surface area contributed by atoms with Crippen LogP contribution in [0.15, 0.2) is 28.7 Å². The molecule has 0 saturated carbocycles. The Morgan fingerprint density at radius 3 is 2.67 bits per heavy atom. The zero-order chi connectivity index (χ0) is 13.2. The van der Waals surface area contributed by atoms with Gasteiger partial charge in [0.25, 0.3) is 0 Å². The van der Waals surface area contributed by atoms with Crippen LogP contribution >= 0.6 is 15.9 Å². The molecule has 0 spiro atoms. The summed E-state index contributed by atoms with van der Waals surface area (Å²) >= 11 is 3.54. The van der Waals surface area contributed by atoms with Gasteiger partial charge in [-0.05, 0) is 24.6 Å². The summed E-state index contributed by atoms with van der Waals surface area (Å²) in [5, 5.41) is 0. The van der Waals surface area contributed by atoms with Gasteiger partial charge >= 0.3 is 0 Å². The van der Waals surface area contributed by atoms with E-state index in [1.807, 2.05) is 18.2 Å². The fourth-order valence-electron chi connectivity index (χ4n) is 2.41. The summed E-state index contributed by atoms with van der Waals surface area (Å²) in [4.78, 5) is 2.25. The predicted octanol–water partition coefficient (Wildman–Crippen LogP) is 2.46. The molecule has 1 aliphatic heterocycles. The van der Waals surface area contributed by atoms with E-state index in [0.29, 0.717) is 11.5 Å². The molecule has 1 fully saturated rings. The number of sulfone groups is 1. The van der Waals surface area contributed by atoms with Crippen molar-refractivity contribution in [1.29, 1.82) is 0 Å². The minimum atomic E-state index is -2.81. The second-order valence-corrected chi connectivity index (χ2v) is 7.79. The first kappa shape index (κ1) is 14.0. The molecule has 1 saturated heterocycles. The van der Waals surface area contributed by atoms with Gasteiger partial charge in [-0.2, -0.15) is 0 Å². The van der Waals surface area contributed by atoms with Crippen LogP contribution in [0.3, 0.4) is 0 Å². The minimum Gasteiger partial charge on any atom is -0.295 e. The monoisotopic (exact) mass is 331 g/mol. The van der Waals surface area contributed by atoms with Crippen LogP contribution in [0.5, 0.6) is 0 Å². The lowest BCUT2D eigenvalue weighted by Crippen LogP contribution is -2.35. The van der Waals surface area contributed by atoms with Crippen molar-refractivity contribution in [3.63, 3.8) is 0 Å². The van der Waals surface area contributed by atoms with Crippen LogP contribution in [-0.2, 0) is 16.4 Å². The standard InChI is InChI=1S/C13H18BrNO2S/c1-2-15(12-7-8-18(16,17)10-12)9-11-5-3-4-6-13(11)14/h3-6,12H,2,7-10H2,1H3/t12-/m1/s1. The van der Waals surface area contributed by atoms with Crippen LogP contribution in [0.1, 0.15) is 18.9 Å². The fraction of sp³-hybridized carbons (Fsp3) is 0.538. The van der Waals surface area contributed by atoms with E-state index < -0.39 is 9.84 Å². The summed E-state index contributed by atoms with van der Waals surface area (Å²) in [5.74, 6) is 0.648. The van der Waals surface area contributed by atoms with Crippen molar-refractivity contribution in [1.82, 2.24) is 4.90 Å². The van der Waals surface area contributed by atoms with Crippen molar-refractivity contribution >= 4 is 25.8 Å². The van der Waals surface area contributed by atoms with E-state index in [0.717, 1.165) is 24.0 Å². The van der Waals surface area contributed by atoms with Crippen molar-refractivity contribution < 1.29 is 8.42 Å². The molecule has 0 bridgehead atoms. The molecule has 1 heterocycles. The van der Waals surface area contributed by atoms with Gasteiger partial charge in [-0.3, -0.25) is 4.90 Å². The number of halogens is 1. The molecule has 100 valence electrons. The van der Waals surface area contributed by atoms with Crippen LogP contribution in [0.4, 0.5) is 0 Å². The lowest BCUT2D eigenvalue weighted by Gasteiger charge is -2.26. The molecule has 18 heavy (non-hydrogen) atoms. The first-order valence-electron chi connectivity index (χ1n) is 6.19. The zero-order valence-electron chi connectivity index (χ0n) is 10.5. The van der Waals surface area contributed by atoms with Gasteiger partial charge in [0.2, 0.25) is 0 Å². The summed E-state index contributed by atoms with van der Waals surface area (Å²) in [6.45, 7) is 3.77. The predicted molar refractivity (Wildman–Crippen MR) is 77.3 cm³/mol. The highest BCUT2D eigenvalue weighted by atomic mass is 79.9. The fourth-order valence-corrected chi connectivity index (χ4v) is 4.58. The van der Waals surface area contributed by atoms with Crippen LogP contribution in [0.25, 0.3) is 0 Å². The van der Waals surface area contributed by atoms with E-state index in [9.17, 15) is 8.42 Å². The van der Waals surface area contributed by atoms with E-state index in [1.54, 1.807) is 0 Å². The highest BCUT2D eigenvalue weighted by Crippen LogP contribution is 2.23. The third-order valence-electron chi connectivity index (χ3n) is 3.46. The SMILES string of the molecule is CCN(Cc1ccccc1Br)[C@@H]1CCS(=O)(=O)C1. The Kier molecular flexibility index (Phi) is 4.45. The van der Waals surface area contributed by atoms with E-state index in [1.165, 1.54) is 5.56 Å². The molecule has 0 amide bonds. The third kappa shape index (κ3) is 3.33. The van der Waals surface area contributed by atoms with Gasteiger partial charge in [-0.15, -0.1) is 0 Å². The molecule has 3 nitrogen and oxygen atoms in total. The van der Waals surface area contributed by atoms with Gasteiger partial charge < -0.3 is 0 Å². The normalized spacial score (nSPS) is 22.5. The molecule has 1 aliphatic rings. The molecule has 1 aromatic carbocycles.